The fourth-order valence-electron chi connectivity index (χ4n) is 6.51. The molecule has 3 rings (SSSR count). The summed E-state index contributed by atoms with van der Waals surface area (Å²) in [5, 5.41) is 0.178. The van der Waals surface area contributed by atoms with Gasteiger partial charge >= 0.3 is 11.9 Å². The van der Waals surface area contributed by atoms with Crippen LogP contribution in [-0.2, 0) is 27.9 Å². The van der Waals surface area contributed by atoms with E-state index in [9.17, 15) is 9.59 Å². The maximum Gasteiger partial charge on any atom is 0.308 e. The molecule has 0 aromatic carbocycles. The fourth-order valence-corrected chi connectivity index (χ4v) is 9.15. The first-order valence-corrected chi connectivity index (χ1v) is 23.1. The Bertz CT molecular complexity index is 1070. The molecule has 0 spiro atoms. The number of allylic oxidation sites excluding steroid dienone is 2. The number of hydrogen-bond acceptors (Lipinski definition) is 6. The van der Waals surface area contributed by atoms with Crippen molar-refractivity contribution in [2.75, 3.05) is 0 Å². The Hall–Kier alpha value is -1.23. The van der Waals surface area contributed by atoms with Gasteiger partial charge in [0, 0.05) is 18.8 Å². The molecule has 6 nitrogen and oxygen atoms in total. The average Bonchev–Trinajstić information content (AvgIpc) is 2.86. The molecule has 1 aliphatic heterocycles. The second-order valence-electron chi connectivity index (χ2n) is 17.0. The Labute approximate surface area is 271 Å². The van der Waals surface area contributed by atoms with Crippen LogP contribution in [0.2, 0.25) is 36.3 Å². The first-order chi connectivity index (χ1) is 20.1. The molecule has 0 bridgehead atoms. The number of carbonyl (C=O) groups is 2. The third kappa shape index (κ3) is 9.19. The predicted molar refractivity (Wildman–Crippen MR) is 184 cm³/mol. The largest absolute Gasteiger partial charge is 0.462 e. The molecule has 1 heterocycles. The van der Waals surface area contributed by atoms with Crippen molar-refractivity contribution in [2.24, 2.45) is 23.7 Å². The highest BCUT2D eigenvalue weighted by Crippen LogP contribution is 2.47. The zero-order valence-corrected chi connectivity index (χ0v) is 32.3. The number of hydrogen-bond donors (Lipinski definition) is 0. The SMILES string of the molecule is CCC[C@H](C)C(=O)O[C@H]1C[C@H](O[Si](C)(C)C(C)(C)C)C=C2C=C[C@H](C)[C@H](CC[C@@H]3C[C@@H](O[Si](C)(C)C(C)(C)C)CC(=O)O3)[C@H]21. The lowest BCUT2D eigenvalue weighted by molar-refractivity contribution is -0.162. The standard InChI is InChI=1S/C36H64O6Si2/c1-14-15-25(3)34(38)40-31-22-28(41-43(10,11)35(4,5)6)20-26-17-16-24(2)30(33(26)31)19-18-27-21-29(23-32(37)39-27)42-44(12,13)36(7,8)9/h16-17,20,24-25,27-31,33H,14-15,18-19,21-23H2,1-13H3/t24-,25-,27+,28+,29+,30-,31-,33-/m0/s1. The van der Waals surface area contributed by atoms with Gasteiger partial charge in [0.05, 0.1) is 24.5 Å². The number of ether oxygens (including phenoxy) is 2. The molecule has 0 amide bonds. The van der Waals surface area contributed by atoms with E-state index in [1.165, 1.54) is 5.57 Å². The van der Waals surface area contributed by atoms with E-state index in [1.807, 2.05) is 6.92 Å². The van der Waals surface area contributed by atoms with Crippen LogP contribution in [0, 0.1) is 23.7 Å². The van der Waals surface area contributed by atoms with Crippen molar-refractivity contribution in [1.29, 1.82) is 0 Å². The molecule has 8 atom stereocenters. The fraction of sp³-hybridized carbons (Fsp3) is 0.833. The van der Waals surface area contributed by atoms with E-state index in [4.69, 9.17) is 18.3 Å². The van der Waals surface area contributed by atoms with Crippen molar-refractivity contribution >= 4 is 28.6 Å². The second-order valence-corrected chi connectivity index (χ2v) is 26.5. The van der Waals surface area contributed by atoms with Gasteiger partial charge in [0.25, 0.3) is 0 Å². The Morgan fingerprint density at radius 3 is 2.20 bits per heavy atom. The van der Waals surface area contributed by atoms with Gasteiger partial charge in [0.1, 0.15) is 12.2 Å². The van der Waals surface area contributed by atoms with Crippen LogP contribution in [0.4, 0.5) is 0 Å². The lowest BCUT2D eigenvalue weighted by Crippen LogP contribution is -2.48. The Balaban J connectivity index is 1.82. The third-order valence-electron chi connectivity index (χ3n) is 11.3. The zero-order chi connectivity index (χ0) is 33.3. The normalized spacial score (nSPS) is 30.7. The minimum atomic E-state index is -2.03. The minimum absolute atomic E-state index is 0.0762. The Kier molecular flexibility index (Phi) is 12.1. The number of carbonyl (C=O) groups excluding carboxylic acids is 2. The van der Waals surface area contributed by atoms with Gasteiger partial charge in [-0.25, -0.2) is 0 Å². The average molecular weight is 649 g/mol. The minimum Gasteiger partial charge on any atom is -0.462 e. The molecule has 252 valence electrons. The molecule has 0 saturated carbocycles. The van der Waals surface area contributed by atoms with Crippen LogP contribution in [0.15, 0.2) is 23.8 Å². The lowest BCUT2D eigenvalue weighted by Gasteiger charge is -2.46. The molecule has 0 aromatic rings. The van der Waals surface area contributed by atoms with Crippen molar-refractivity contribution in [3.05, 3.63) is 23.8 Å². The van der Waals surface area contributed by atoms with E-state index in [1.54, 1.807) is 0 Å². The van der Waals surface area contributed by atoms with Crippen molar-refractivity contribution < 1.29 is 27.9 Å². The summed E-state index contributed by atoms with van der Waals surface area (Å²) in [5.41, 5.74) is 1.23. The van der Waals surface area contributed by atoms with Crippen LogP contribution >= 0.6 is 0 Å². The lowest BCUT2D eigenvalue weighted by atomic mass is 9.66. The summed E-state index contributed by atoms with van der Waals surface area (Å²) < 4.78 is 25.9. The van der Waals surface area contributed by atoms with Crippen molar-refractivity contribution in [2.45, 2.75) is 168 Å². The molecule has 44 heavy (non-hydrogen) atoms. The highest BCUT2D eigenvalue weighted by Gasteiger charge is 2.46. The Morgan fingerprint density at radius 2 is 1.61 bits per heavy atom. The maximum atomic E-state index is 13.3. The van der Waals surface area contributed by atoms with Gasteiger partial charge in [0.15, 0.2) is 16.6 Å². The van der Waals surface area contributed by atoms with Crippen molar-refractivity contribution in [3.63, 3.8) is 0 Å². The molecule has 0 N–H and O–H groups in total. The molecular formula is C36H64O6Si2. The summed E-state index contributed by atoms with van der Waals surface area (Å²) in [6, 6.07) is 0. The number of rotatable bonds is 11. The third-order valence-corrected chi connectivity index (χ3v) is 20.3. The highest BCUT2D eigenvalue weighted by atomic mass is 28.4. The van der Waals surface area contributed by atoms with Gasteiger partial charge in [-0.1, -0.05) is 87.0 Å². The van der Waals surface area contributed by atoms with Crippen LogP contribution in [0.25, 0.3) is 0 Å². The summed E-state index contributed by atoms with van der Waals surface area (Å²) in [7, 11) is -4.03. The van der Waals surface area contributed by atoms with Crippen LogP contribution in [0.5, 0.6) is 0 Å². The summed E-state index contributed by atoms with van der Waals surface area (Å²) in [6.45, 7) is 28.9. The van der Waals surface area contributed by atoms with Gasteiger partial charge < -0.3 is 18.3 Å². The summed E-state index contributed by atoms with van der Waals surface area (Å²) in [6.07, 6.45) is 11.5. The quantitative estimate of drug-likeness (QED) is 0.164. The van der Waals surface area contributed by atoms with Gasteiger partial charge in [0.2, 0.25) is 0 Å². The Morgan fingerprint density at radius 1 is 1.00 bits per heavy atom. The molecule has 2 aliphatic carbocycles. The smallest absolute Gasteiger partial charge is 0.308 e. The second kappa shape index (κ2) is 14.3. The van der Waals surface area contributed by atoms with E-state index in [0.29, 0.717) is 18.8 Å². The van der Waals surface area contributed by atoms with Crippen LogP contribution in [-0.4, -0.2) is 53.0 Å². The van der Waals surface area contributed by atoms with Crippen LogP contribution < -0.4 is 0 Å². The molecule has 1 fully saturated rings. The molecular weight excluding hydrogens is 585 g/mol. The van der Waals surface area contributed by atoms with Gasteiger partial charge in [-0.15, -0.1) is 0 Å². The maximum absolute atomic E-state index is 13.3. The van der Waals surface area contributed by atoms with E-state index in [0.717, 1.165) is 32.1 Å². The number of fused-ring (bicyclic) bond motifs is 1. The van der Waals surface area contributed by atoms with Gasteiger partial charge in [-0.2, -0.15) is 0 Å². The summed E-state index contributed by atoms with van der Waals surface area (Å²) in [5.74, 6) is 0.330. The first kappa shape index (κ1) is 37.2. The van der Waals surface area contributed by atoms with E-state index in [2.05, 4.69) is 99.8 Å². The molecule has 0 radical (unpaired) electrons. The highest BCUT2D eigenvalue weighted by molar-refractivity contribution is 6.74. The van der Waals surface area contributed by atoms with Gasteiger partial charge in [-0.05, 0) is 72.9 Å². The van der Waals surface area contributed by atoms with Crippen molar-refractivity contribution in [1.82, 2.24) is 0 Å². The molecule has 1 saturated heterocycles. The van der Waals surface area contributed by atoms with Crippen LogP contribution in [0.3, 0.4) is 0 Å². The molecule has 3 aliphatic rings. The topological polar surface area (TPSA) is 71.1 Å². The summed E-state index contributed by atoms with van der Waals surface area (Å²) >= 11 is 0. The van der Waals surface area contributed by atoms with E-state index in [-0.39, 0.29) is 64.2 Å². The monoisotopic (exact) mass is 648 g/mol. The molecule has 0 aromatic heterocycles. The van der Waals surface area contributed by atoms with E-state index < -0.39 is 16.6 Å². The van der Waals surface area contributed by atoms with E-state index >= 15 is 0 Å². The zero-order valence-electron chi connectivity index (χ0n) is 30.3. The molecule has 8 heteroatoms. The first-order valence-electron chi connectivity index (χ1n) is 17.3. The number of cyclic esters (lactones) is 1. The predicted octanol–water partition coefficient (Wildman–Crippen LogP) is 9.37. The van der Waals surface area contributed by atoms with Crippen LogP contribution in [0.1, 0.15) is 107 Å². The summed E-state index contributed by atoms with van der Waals surface area (Å²) in [4.78, 5) is 26.0. The van der Waals surface area contributed by atoms with Gasteiger partial charge in [-0.3, -0.25) is 9.59 Å². The molecule has 0 unspecified atom stereocenters. The van der Waals surface area contributed by atoms with Crippen molar-refractivity contribution in [3.8, 4) is 0 Å². The number of esters is 2.